The lowest BCUT2D eigenvalue weighted by molar-refractivity contribution is -0.154. The highest BCUT2D eigenvalue weighted by atomic mass is 127. The number of carbonyl (C=O) groups excluding carboxylic acids is 5. The van der Waals surface area contributed by atoms with Crippen LogP contribution in [0, 0.1) is 0 Å². The van der Waals surface area contributed by atoms with Gasteiger partial charge in [0, 0.05) is 62.3 Å². The average Bonchev–Trinajstić information content (AvgIpc) is 3.73. The van der Waals surface area contributed by atoms with E-state index in [-0.39, 0.29) is 53.3 Å². The number of likely N-dealkylation sites (tertiary alicyclic amines) is 1. The number of thioether (sulfide) groups is 1. The van der Waals surface area contributed by atoms with E-state index in [1.807, 2.05) is 82.9 Å². The van der Waals surface area contributed by atoms with Crippen molar-refractivity contribution in [1.29, 1.82) is 0 Å². The highest BCUT2D eigenvalue weighted by molar-refractivity contribution is 14.1. The van der Waals surface area contributed by atoms with E-state index in [1.165, 1.54) is 5.56 Å². The monoisotopic (exact) mass is 846 g/mol. The molecule has 12 nitrogen and oxygen atoms in total. The normalized spacial score (nSPS) is 20.6. The molecule has 3 atom stereocenters. The molecule has 5 amide bonds. The van der Waals surface area contributed by atoms with Gasteiger partial charge in [-0.25, -0.2) is 9.59 Å². The number of para-hydroxylation sites is 1. The average molecular weight is 847 g/mol. The van der Waals surface area contributed by atoms with Crippen LogP contribution in [-0.4, -0.2) is 107 Å². The smallest absolute Gasteiger partial charge is 0.332 e. The Balaban J connectivity index is 1.01. The van der Waals surface area contributed by atoms with Gasteiger partial charge in [-0.15, -0.1) is 0 Å². The van der Waals surface area contributed by atoms with Gasteiger partial charge in [0.1, 0.15) is 5.54 Å². The van der Waals surface area contributed by atoms with Crippen LogP contribution >= 0.6 is 34.4 Å². The van der Waals surface area contributed by atoms with Gasteiger partial charge in [0.05, 0.1) is 23.1 Å². The predicted molar refractivity (Wildman–Crippen MR) is 212 cm³/mol. The molecule has 282 valence electrons. The molecule has 0 unspecified atom stereocenters. The van der Waals surface area contributed by atoms with Crippen LogP contribution in [0.15, 0.2) is 60.7 Å². The van der Waals surface area contributed by atoms with E-state index >= 15 is 0 Å². The minimum Gasteiger partial charge on any atom is -0.464 e. The summed E-state index contributed by atoms with van der Waals surface area (Å²) >= 11 is 3.92. The van der Waals surface area contributed by atoms with Gasteiger partial charge >= 0.3 is 12.0 Å². The fourth-order valence-electron chi connectivity index (χ4n) is 7.25. The number of esters is 1. The van der Waals surface area contributed by atoms with Crippen molar-refractivity contribution in [3.05, 3.63) is 66.2 Å². The summed E-state index contributed by atoms with van der Waals surface area (Å²) < 4.78 is 6.07. The summed E-state index contributed by atoms with van der Waals surface area (Å²) in [6.45, 7) is 2.88. The van der Waals surface area contributed by atoms with Crippen LogP contribution in [-0.2, 0) is 30.3 Å². The van der Waals surface area contributed by atoms with Gasteiger partial charge in [-0.1, -0.05) is 77.5 Å². The number of ether oxygens (including phenoxy) is 1. The van der Waals surface area contributed by atoms with E-state index in [2.05, 4.69) is 38.3 Å². The predicted octanol–water partition coefficient (Wildman–Crippen LogP) is 3.81. The molecule has 3 aliphatic heterocycles. The summed E-state index contributed by atoms with van der Waals surface area (Å²) in [4.78, 5) is 67.8. The molecule has 52 heavy (non-hydrogen) atoms. The molecule has 0 spiro atoms. The Morgan fingerprint density at radius 3 is 2.23 bits per heavy atom. The Morgan fingerprint density at radius 1 is 0.904 bits per heavy atom. The number of carbonyl (C=O) groups is 5. The number of alkyl halides is 1. The molecular formula is C38H51IN6O6S. The van der Waals surface area contributed by atoms with E-state index in [0.29, 0.717) is 62.8 Å². The van der Waals surface area contributed by atoms with Crippen molar-refractivity contribution in [1.82, 2.24) is 26.2 Å². The number of hydrogen-bond acceptors (Lipinski definition) is 8. The Bertz CT molecular complexity index is 1500. The second-order valence-corrected chi connectivity index (χ2v) is 15.6. The third kappa shape index (κ3) is 11.1. The molecule has 0 aliphatic carbocycles. The Morgan fingerprint density at radius 2 is 1.56 bits per heavy atom. The first-order valence-corrected chi connectivity index (χ1v) is 21.0. The van der Waals surface area contributed by atoms with Gasteiger partial charge in [0.25, 0.3) is 0 Å². The second-order valence-electron chi connectivity index (χ2n) is 13.6. The summed E-state index contributed by atoms with van der Waals surface area (Å²) in [5.41, 5.74) is 0.791. The van der Waals surface area contributed by atoms with Crippen LogP contribution in [0.2, 0.25) is 0 Å². The number of unbranched alkanes of at least 4 members (excludes halogenated alkanes) is 1. The van der Waals surface area contributed by atoms with Crippen LogP contribution in [0.5, 0.6) is 0 Å². The fourth-order valence-corrected chi connectivity index (χ4v) is 9.14. The van der Waals surface area contributed by atoms with Crippen LogP contribution < -0.4 is 26.2 Å². The number of piperidine rings is 1. The van der Waals surface area contributed by atoms with E-state index in [4.69, 9.17) is 4.74 Å². The van der Waals surface area contributed by atoms with Crippen molar-refractivity contribution >= 4 is 69.8 Å². The quantitative estimate of drug-likeness (QED) is 0.0549. The Hall–Kier alpha value is -3.37. The third-order valence-corrected chi connectivity index (χ3v) is 12.2. The number of nitrogens with zero attached hydrogens (tertiary/aromatic N) is 2. The maximum atomic E-state index is 14.0. The minimum absolute atomic E-state index is 0.0458. The number of fused-ring (bicyclic) bond motifs is 1. The molecule has 2 aromatic carbocycles. The van der Waals surface area contributed by atoms with Gasteiger partial charge in [-0.2, -0.15) is 11.8 Å². The molecule has 3 saturated heterocycles. The van der Waals surface area contributed by atoms with Crippen LogP contribution in [0.1, 0.15) is 56.9 Å². The largest absolute Gasteiger partial charge is 0.464 e. The summed E-state index contributed by atoms with van der Waals surface area (Å²) in [6.07, 6.45) is 5.39. The van der Waals surface area contributed by atoms with Gasteiger partial charge in [0.15, 0.2) is 0 Å². The number of rotatable bonds is 19. The number of anilines is 1. The molecule has 14 heteroatoms. The van der Waals surface area contributed by atoms with E-state index in [0.717, 1.165) is 38.0 Å². The van der Waals surface area contributed by atoms with Gasteiger partial charge in [-0.3, -0.25) is 19.3 Å². The second kappa shape index (κ2) is 20.2. The number of hydrogen-bond donors (Lipinski definition) is 4. The highest BCUT2D eigenvalue weighted by Gasteiger charge is 2.50. The number of amides is 5. The number of halogens is 1. The molecular weight excluding hydrogens is 795 g/mol. The van der Waals surface area contributed by atoms with Gasteiger partial charge in [0.2, 0.25) is 17.7 Å². The lowest BCUT2D eigenvalue weighted by Gasteiger charge is -2.46. The first-order chi connectivity index (χ1) is 25.3. The summed E-state index contributed by atoms with van der Waals surface area (Å²) in [7, 11) is 0. The summed E-state index contributed by atoms with van der Waals surface area (Å²) in [6, 6.07) is 19.9. The van der Waals surface area contributed by atoms with Crippen LogP contribution in [0.3, 0.4) is 0 Å². The van der Waals surface area contributed by atoms with Crippen molar-refractivity contribution in [3.63, 3.8) is 0 Å². The summed E-state index contributed by atoms with van der Waals surface area (Å²) in [5, 5.41) is 12.0. The van der Waals surface area contributed by atoms with E-state index in [1.54, 1.807) is 4.90 Å². The zero-order chi connectivity index (χ0) is 36.8. The summed E-state index contributed by atoms with van der Waals surface area (Å²) in [5.74, 6) is 0.116. The minimum atomic E-state index is -1.14. The van der Waals surface area contributed by atoms with Crippen LogP contribution in [0.25, 0.3) is 0 Å². The lowest BCUT2D eigenvalue weighted by atomic mass is 9.84. The van der Waals surface area contributed by atoms with Crippen molar-refractivity contribution in [2.75, 3.05) is 54.4 Å². The first kappa shape index (κ1) is 39.8. The maximum Gasteiger partial charge on any atom is 0.332 e. The molecule has 0 saturated carbocycles. The number of benzene rings is 2. The molecule has 3 fully saturated rings. The SMILES string of the molecule is O=C(CCCC[C@@H]1SC[C@@H]2NC(=O)N[C@@H]21)NCCNC(=O)CCCOC(=O)C1(N(C(=O)CI)c2ccccc2)CCN(CCc2ccccc2)CC1. The van der Waals surface area contributed by atoms with Crippen LogP contribution in [0.4, 0.5) is 10.5 Å². The third-order valence-electron chi connectivity index (χ3n) is 10.1. The van der Waals surface area contributed by atoms with Gasteiger partial charge < -0.3 is 30.9 Å². The lowest BCUT2D eigenvalue weighted by Crippen LogP contribution is -2.63. The highest BCUT2D eigenvalue weighted by Crippen LogP contribution is 2.36. The Labute approximate surface area is 324 Å². The molecule has 0 radical (unpaired) electrons. The van der Waals surface area contributed by atoms with E-state index in [9.17, 15) is 24.0 Å². The molecule has 4 N–H and O–H groups in total. The molecule has 5 rings (SSSR count). The number of nitrogens with one attached hydrogen (secondary N) is 4. The van der Waals surface area contributed by atoms with Crippen molar-refractivity contribution in [2.24, 2.45) is 0 Å². The first-order valence-electron chi connectivity index (χ1n) is 18.4. The Kier molecular flexibility index (Phi) is 15.5. The molecule has 0 aromatic heterocycles. The zero-order valence-electron chi connectivity index (χ0n) is 29.7. The molecule has 0 bridgehead atoms. The number of urea groups is 1. The van der Waals surface area contributed by atoms with E-state index < -0.39 is 11.5 Å². The standard InChI is InChI=1S/C38H51IN6O6S/c39-26-34(48)45(29-12-5-2-6-13-29)38(18-23-44(24-19-38)22-17-28-10-3-1-4-11-28)36(49)51-25-9-16-33(47)41-21-20-40-32(46)15-8-7-14-31-35-30(27-52-31)42-37(50)43-35/h1-6,10-13,30-31,35H,7-9,14-27H2,(H,40,46)(H,41,47)(H2,42,43,50)/t30-,31-,35-/m0/s1. The molecule has 3 aliphatic rings. The van der Waals surface area contributed by atoms with Gasteiger partial charge in [-0.05, 0) is 56.2 Å². The van der Waals surface area contributed by atoms with Crippen molar-refractivity contribution < 1.29 is 28.7 Å². The maximum absolute atomic E-state index is 14.0. The molecule has 3 heterocycles. The zero-order valence-corrected chi connectivity index (χ0v) is 32.6. The molecule has 2 aromatic rings. The van der Waals surface area contributed by atoms with Crippen molar-refractivity contribution in [3.8, 4) is 0 Å². The fraction of sp³-hybridized carbons (Fsp3) is 0.553. The van der Waals surface area contributed by atoms with Crippen molar-refractivity contribution in [2.45, 2.75) is 80.7 Å². The topological polar surface area (TPSA) is 149 Å².